The molecule has 0 spiro atoms. The maximum Gasteiger partial charge on any atom is 0.112 e. The molecule has 1 saturated heterocycles. The molecule has 0 aromatic heterocycles. The fourth-order valence-corrected chi connectivity index (χ4v) is 1.54. The Morgan fingerprint density at radius 3 is 2.87 bits per heavy atom. The van der Waals surface area contributed by atoms with Crippen LogP contribution in [0.25, 0.3) is 0 Å². The Balaban J connectivity index is 1.71. The molecule has 1 fully saturated rings. The molecule has 0 aliphatic carbocycles. The van der Waals surface area contributed by atoms with Crippen LogP contribution < -0.4 is 0 Å². The van der Waals surface area contributed by atoms with Gasteiger partial charge in [0.2, 0.25) is 0 Å². The van der Waals surface area contributed by atoms with Crippen LogP contribution in [-0.4, -0.2) is 19.3 Å². The minimum absolute atomic E-state index is 0.213. The van der Waals surface area contributed by atoms with Crippen molar-refractivity contribution in [3.63, 3.8) is 0 Å². The lowest BCUT2D eigenvalue weighted by Gasteiger charge is -1.98. The predicted molar refractivity (Wildman–Crippen MR) is 58.3 cm³/mol. The van der Waals surface area contributed by atoms with E-state index in [9.17, 15) is 0 Å². The smallest absolute Gasteiger partial charge is 0.112 e. The van der Waals surface area contributed by atoms with Crippen LogP contribution in [0.1, 0.15) is 18.1 Å². The van der Waals surface area contributed by atoms with Crippen molar-refractivity contribution in [2.24, 2.45) is 0 Å². The highest BCUT2D eigenvalue weighted by Gasteiger charge is 2.39. The fraction of sp³-hybridized carbons (Fsp3) is 0.385. The molecule has 78 valence electrons. The van der Waals surface area contributed by atoms with E-state index in [0.717, 1.165) is 0 Å². The molecule has 1 aromatic rings. The van der Waals surface area contributed by atoms with Gasteiger partial charge in [-0.3, -0.25) is 0 Å². The molecule has 2 nitrogen and oxygen atoms in total. The van der Waals surface area contributed by atoms with Crippen molar-refractivity contribution in [1.29, 1.82) is 0 Å². The second-order valence-corrected chi connectivity index (χ2v) is 3.53. The van der Waals surface area contributed by atoms with Crippen molar-refractivity contribution in [1.82, 2.24) is 0 Å². The molecule has 15 heavy (non-hydrogen) atoms. The Kier molecular flexibility index (Phi) is 3.39. The summed E-state index contributed by atoms with van der Waals surface area (Å²) in [7, 11) is 0. The summed E-state index contributed by atoms with van der Waals surface area (Å²) in [6.45, 7) is 1.26. The number of hydrogen-bond donors (Lipinski definition) is 0. The second kappa shape index (κ2) is 4.97. The average Bonchev–Trinajstić information content (AvgIpc) is 3.05. The van der Waals surface area contributed by atoms with Gasteiger partial charge in [-0.2, -0.15) is 0 Å². The maximum absolute atomic E-state index is 5.51. The SMILES string of the molecule is C#CCCOCC1OC1c1ccccc1. The van der Waals surface area contributed by atoms with Gasteiger partial charge >= 0.3 is 0 Å². The minimum atomic E-state index is 0.213. The van der Waals surface area contributed by atoms with Gasteiger partial charge in [0, 0.05) is 6.42 Å². The molecule has 1 heterocycles. The summed E-state index contributed by atoms with van der Waals surface area (Å²) >= 11 is 0. The van der Waals surface area contributed by atoms with Crippen LogP contribution >= 0.6 is 0 Å². The van der Waals surface area contributed by atoms with E-state index in [1.54, 1.807) is 0 Å². The second-order valence-electron chi connectivity index (χ2n) is 3.53. The first-order valence-electron chi connectivity index (χ1n) is 5.13. The van der Waals surface area contributed by atoms with Crippen molar-refractivity contribution in [3.8, 4) is 12.3 Å². The third-order valence-corrected chi connectivity index (χ3v) is 2.38. The zero-order chi connectivity index (χ0) is 10.5. The van der Waals surface area contributed by atoms with Gasteiger partial charge in [-0.05, 0) is 5.56 Å². The van der Waals surface area contributed by atoms with Gasteiger partial charge in [-0.1, -0.05) is 30.3 Å². The lowest BCUT2D eigenvalue weighted by Crippen LogP contribution is -2.03. The molecule has 0 saturated carbocycles. The molecule has 0 N–H and O–H groups in total. The van der Waals surface area contributed by atoms with Gasteiger partial charge in [0.25, 0.3) is 0 Å². The number of epoxide rings is 1. The first-order valence-corrected chi connectivity index (χ1v) is 5.13. The molecule has 2 heteroatoms. The van der Waals surface area contributed by atoms with Crippen LogP contribution in [0.5, 0.6) is 0 Å². The number of ether oxygens (including phenoxy) is 2. The van der Waals surface area contributed by atoms with Gasteiger partial charge in [-0.25, -0.2) is 0 Å². The largest absolute Gasteiger partial charge is 0.378 e. The summed E-state index contributed by atoms with van der Waals surface area (Å²) < 4.78 is 10.9. The quantitative estimate of drug-likeness (QED) is 0.414. The van der Waals surface area contributed by atoms with E-state index < -0.39 is 0 Å². The molecule has 2 atom stereocenters. The van der Waals surface area contributed by atoms with E-state index in [0.29, 0.717) is 19.6 Å². The van der Waals surface area contributed by atoms with Crippen molar-refractivity contribution in [2.45, 2.75) is 18.6 Å². The predicted octanol–water partition coefficient (Wildman–Crippen LogP) is 2.17. The summed E-state index contributed by atoms with van der Waals surface area (Å²) in [6, 6.07) is 10.2. The summed E-state index contributed by atoms with van der Waals surface area (Å²) in [5, 5.41) is 0. The van der Waals surface area contributed by atoms with Crippen LogP contribution in [0.4, 0.5) is 0 Å². The monoisotopic (exact) mass is 202 g/mol. The number of rotatable bonds is 5. The highest BCUT2D eigenvalue weighted by atomic mass is 16.6. The van der Waals surface area contributed by atoms with Crippen molar-refractivity contribution >= 4 is 0 Å². The van der Waals surface area contributed by atoms with Crippen LogP contribution in [0.3, 0.4) is 0 Å². The van der Waals surface area contributed by atoms with E-state index in [1.165, 1.54) is 5.56 Å². The van der Waals surface area contributed by atoms with E-state index in [4.69, 9.17) is 15.9 Å². The molecule has 1 aliphatic heterocycles. The van der Waals surface area contributed by atoms with Gasteiger partial charge in [-0.15, -0.1) is 12.3 Å². The maximum atomic E-state index is 5.51. The van der Waals surface area contributed by atoms with Crippen LogP contribution in [0, 0.1) is 12.3 Å². The van der Waals surface area contributed by atoms with Gasteiger partial charge < -0.3 is 9.47 Å². The standard InChI is InChI=1S/C13H14O2/c1-2-3-9-14-10-12-13(15-12)11-7-5-4-6-8-11/h1,4-8,12-13H,3,9-10H2. The summed E-state index contributed by atoms with van der Waals surface area (Å²) in [5.74, 6) is 2.54. The molecular formula is C13H14O2. The average molecular weight is 202 g/mol. The molecular weight excluding hydrogens is 188 g/mol. The third-order valence-electron chi connectivity index (χ3n) is 2.38. The van der Waals surface area contributed by atoms with Crippen molar-refractivity contribution < 1.29 is 9.47 Å². The first-order chi connectivity index (χ1) is 7.42. The fourth-order valence-electron chi connectivity index (χ4n) is 1.54. The highest BCUT2D eigenvalue weighted by molar-refractivity contribution is 5.22. The minimum Gasteiger partial charge on any atom is -0.378 e. The lowest BCUT2D eigenvalue weighted by molar-refractivity contribution is 0.121. The van der Waals surface area contributed by atoms with Crippen LogP contribution in [-0.2, 0) is 9.47 Å². The normalized spacial score (nSPS) is 23.4. The summed E-state index contributed by atoms with van der Waals surface area (Å²) in [6.07, 6.45) is 6.22. The first kappa shape index (κ1) is 10.2. The molecule has 2 unspecified atom stereocenters. The summed E-state index contributed by atoms with van der Waals surface area (Å²) in [4.78, 5) is 0. The topological polar surface area (TPSA) is 21.8 Å². The Morgan fingerprint density at radius 2 is 2.13 bits per heavy atom. The number of benzene rings is 1. The highest BCUT2D eigenvalue weighted by Crippen LogP contribution is 2.38. The van der Waals surface area contributed by atoms with Crippen molar-refractivity contribution in [3.05, 3.63) is 35.9 Å². The van der Waals surface area contributed by atoms with Gasteiger partial charge in [0.1, 0.15) is 12.2 Å². The molecule has 0 radical (unpaired) electrons. The Morgan fingerprint density at radius 1 is 1.33 bits per heavy atom. The molecule has 0 bridgehead atoms. The molecule has 1 aliphatic rings. The number of hydrogen-bond acceptors (Lipinski definition) is 2. The Hall–Kier alpha value is -1.30. The molecule has 1 aromatic carbocycles. The molecule has 2 rings (SSSR count). The van der Waals surface area contributed by atoms with Crippen molar-refractivity contribution in [2.75, 3.05) is 13.2 Å². The van der Waals surface area contributed by atoms with E-state index in [1.807, 2.05) is 18.2 Å². The van der Waals surface area contributed by atoms with Crippen LogP contribution in [0.15, 0.2) is 30.3 Å². The Bertz CT molecular complexity index is 339. The van der Waals surface area contributed by atoms with Crippen LogP contribution in [0.2, 0.25) is 0 Å². The lowest BCUT2D eigenvalue weighted by atomic mass is 10.1. The van der Waals surface area contributed by atoms with E-state index in [2.05, 4.69) is 18.1 Å². The van der Waals surface area contributed by atoms with Gasteiger partial charge in [0.05, 0.1) is 13.2 Å². The zero-order valence-corrected chi connectivity index (χ0v) is 8.56. The van der Waals surface area contributed by atoms with E-state index >= 15 is 0 Å². The zero-order valence-electron chi connectivity index (χ0n) is 8.56. The Labute approximate surface area is 90.2 Å². The number of terminal acetylenes is 1. The summed E-state index contributed by atoms with van der Waals surface area (Å²) in [5.41, 5.74) is 1.23. The van der Waals surface area contributed by atoms with E-state index in [-0.39, 0.29) is 12.2 Å². The third kappa shape index (κ3) is 2.82. The van der Waals surface area contributed by atoms with Gasteiger partial charge in [0.15, 0.2) is 0 Å². The molecule has 0 amide bonds.